The van der Waals surface area contributed by atoms with Crippen molar-refractivity contribution in [3.05, 3.63) is 24.3 Å². The zero-order valence-electron chi connectivity index (χ0n) is 7.07. The number of nitrogens with one attached hydrogen (secondary N) is 3. The van der Waals surface area contributed by atoms with Crippen molar-refractivity contribution < 1.29 is 0 Å². The molecule has 1 aliphatic rings. The van der Waals surface area contributed by atoms with Gasteiger partial charge in [-0.3, -0.25) is 9.97 Å². The van der Waals surface area contributed by atoms with Crippen LogP contribution in [0.1, 0.15) is 11.7 Å². The van der Waals surface area contributed by atoms with Gasteiger partial charge < -0.3 is 5.73 Å². The van der Waals surface area contributed by atoms with Crippen molar-refractivity contribution >= 4 is 0 Å². The molecule has 1 saturated heterocycles. The molecular formula is C7H12N6. The molecule has 5 N–H and O–H groups in total. The van der Waals surface area contributed by atoms with E-state index in [9.17, 15) is 0 Å². The van der Waals surface area contributed by atoms with E-state index in [4.69, 9.17) is 5.73 Å². The highest BCUT2D eigenvalue weighted by atomic mass is 15.6. The largest absolute Gasteiger partial charge is 0.321 e. The Labute approximate surface area is 75.9 Å². The summed E-state index contributed by atoms with van der Waals surface area (Å²) in [6, 6.07) is 0.00731. The highest BCUT2D eigenvalue weighted by molar-refractivity contribution is 5.05. The van der Waals surface area contributed by atoms with Crippen molar-refractivity contribution in [1.29, 1.82) is 0 Å². The maximum absolute atomic E-state index is 5.96. The molecule has 2 heterocycles. The van der Waals surface area contributed by atoms with Crippen LogP contribution >= 0.6 is 0 Å². The zero-order chi connectivity index (χ0) is 9.10. The molecule has 0 amide bonds. The topological polar surface area (TPSA) is 87.9 Å². The number of hydrazine groups is 2. The molecule has 0 aliphatic carbocycles. The minimum atomic E-state index is -0.142. The van der Waals surface area contributed by atoms with Crippen LogP contribution in [-0.2, 0) is 0 Å². The Bertz CT molecular complexity index is 257. The predicted octanol–water partition coefficient (Wildman–Crippen LogP) is -1.54. The fraction of sp³-hybridized carbons (Fsp3) is 0.429. The molecule has 1 fully saturated rings. The van der Waals surface area contributed by atoms with Gasteiger partial charge in [0.2, 0.25) is 0 Å². The first-order valence-electron chi connectivity index (χ1n) is 4.13. The molecule has 1 aromatic heterocycles. The minimum Gasteiger partial charge on any atom is -0.321 e. The average molecular weight is 180 g/mol. The van der Waals surface area contributed by atoms with Gasteiger partial charge in [-0.2, -0.15) is 5.53 Å². The van der Waals surface area contributed by atoms with Gasteiger partial charge >= 0.3 is 0 Å². The molecule has 1 aromatic rings. The molecule has 70 valence electrons. The van der Waals surface area contributed by atoms with Crippen molar-refractivity contribution in [3.63, 3.8) is 0 Å². The summed E-state index contributed by atoms with van der Waals surface area (Å²) in [5.74, 6) is 0. The lowest BCUT2D eigenvalue weighted by Crippen LogP contribution is -2.40. The van der Waals surface area contributed by atoms with Gasteiger partial charge in [0.15, 0.2) is 0 Å². The highest BCUT2D eigenvalue weighted by Gasteiger charge is 2.23. The second-order valence-electron chi connectivity index (χ2n) is 2.91. The molecule has 0 aromatic carbocycles. The summed E-state index contributed by atoms with van der Waals surface area (Å²) in [6.45, 7) is 0.776. The third kappa shape index (κ3) is 1.81. The van der Waals surface area contributed by atoms with Crippen LogP contribution in [0.5, 0.6) is 0 Å². The van der Waals surface area contributed by atoms with Crippen LogP contribution in [0.4, 0.5) is 0 Å². The summed E-state index contributed by atoms with van der Waals surface area (Å²) < 4.78 is 0. The van der Waals surface area contributed by atoms with Gasteiger partial charge in [-0.15, -0.1) is 0 Å². The molecule has 0 spiro atoms. The Morgan fingerprint density at radius 3 is 3.08 bits per heavy atom. The van der Waals surface area contributed by atoms with Crippen molar-refractivity contribution in [2.24, 2.45) is 5.73 Å². The number of rotatable bonds is 2. The Kier molecular flexibility index (Phi) is 2.46. The third-order valence-electron chi connectivity index (χ3n) is 2.03. The summed E-state index contributed by atoms with van der Waals surface area (Å²) >= 11 is 0. The van der Waals surface area contributed by atoms with Gasteiger partial charge in [0.25, 0.3) is 0 Å². The van der Waals surface area contributed by atoms with Gasteiger partial charge in [-0.25, -0.2) is 10.9 Å². The van der Waals surface area contributed by atoms with Crippen molar-refractivity contribution in [1.82, 2.24) is 26.4 Å². The summed E-state index contributed by atoms with van der Waals surface area (Å²) in [6.07, 6.45) is 4.96. The van der Waals surface area contributed by atoms with E-state index in [1.807, 2.05) is 0 Å². The van der Waals surface area contributed by atoms with Crippen LogP contribution in [0.25, 0.3) is 0 Å². The highest BCUT2D eigenvalue weighted by Crippen LogP contribution is 2.09. The molecular weight excluding hydrogens is 168 g/mol. The molecule has 6 nitrogen and oxygen atoms in total. The lowest BCUT2D eigenvalue weighted by Gasteiger charge is -2.16. The van der Waals surface area contributed by atoms with Crippen LogP contribution in [0, 0.1) is 0 Å². The lowest BCUT2D eigenvalue weighted by molar-refractivity contribution is 0.474. The van der Waals surface area contributed by atoms with Gasteiger partial charge in [0.05, 0.1) is 24.0 Å². The number of aromatic nitrogens is 2. The van der Waals surface area contributed by atoms with Crippen molar-refractivity contribution in [2.75, 3.05) is 6.54 Å². The molecule has 2 unspecified atom stereocenters. The van der Waals surface area contributed by atoms with E-state index in [0.717, 1.165) is 12.2 Å². The molecule has 0 bridgehead atoms. The van der Waals surface area contributed by atoms with E-state index in [2.05, 4.69) is 26.4 Å². The van der Waals surface area contributed by atoms with Gasteiger partial charge in [0.1, 0.15) is 0 Å². The molecule has 1 aliphatic heterocycles. The second-order valence-corrected chi connectivity index (χ2v) is 2.91. The molecule has 0 radical (unpaired) electrons. The maximum atomic E-state index is 5.96. The molecule has 6 heteroatoms. The fourth-order valence-electron chi connectivity index (χ4n) is 1.26. The third-order valence-corrected chi connectivity index (χ3v) is 2.03. The number of hydrogen-bond donors (Lipinski definition) is 4. The first-order chi connectivity index (χ1) is 6.38. The zero-order valence-corrected chi connectivity index (χ0v) is 7.07. The van der Waals surface area contributed by atoms with E-state index in [1.54, 1.807) is 18.6 Å². The Balaban J connectivity index is 2.08. The summed E-state index contributed by atoms with van der Waals surface area (Å²) in [5, 5.41) is 0. The summed E-state index contributed by atoms with van der Waals surface area (Å²) in [5.41, 5.74) is 15.5. The normalized spacial score (nSPS) is 24.5. The van der Waals surface area contributed by atoms with Crippen LogP contribution in [0.15, 0.2) is 18.6 Å². The molecule has 2 atom stereocenters. The summed E-state index contributed by atoms with van der Waals surface area (Å²) in [4.78, 5) is 8.11. The fourth-order valence-corrected chi connectivity index (χ4v) is 1.26. The quantitative estimate of drug-likeness (QED) is 0.441. The number of hydrogen-bond acceptors (Lipinski definition) is 6. The molecule has 0 saturated carbocycles. The number of nitrogens with zero attached hydrogens (tertiary/aromatic N) is 2. The Hall–Kier alpha value is -1.08. The van der Waals surface area contributed by atoms with E-state index < -0.39 is 0 Å². The smallest absolute Gasteiger partial charge is 0.0770 e. The van der Waals surface area contributed by atoms with Gasteiger partial charge in [0, 0.05) is 18.9 Å². The maximum Gasteiger partial charge on any atom is 0.0770 e. The van der Waals surface area contributed by atoms with Crippen LogP contribution in [-0.4, -0.2) is 22.6 Å². The number of nitrogens with two attached hydrogens (primary N) is 1. The van der Waals surface area contributed by atoms with Gasteiger partial charge in [-0.1, -0.05) is 0 Å². The van der Waals surface area contributed by atoms with E-state index in [-0.39, 0.29) is 12.1 Å². The summed E-state index contributed by atoms with van der Waals surface area (Å²) in [7, 11) is 0. The molecule has 2 rings (SSSR count). The van der Waals surface area contributed by atoms with E-state index in [1.165, 1.54) is 0 Å². The van der Waals surface area contributed by atoms with Crippen LogP contribution < -0.4 is 22.1 Å². The van der Waals surface area contributed by atoms with Gasteiger partial charge in [-0.05, 0) is 0 Å². The van der Waals surface area contributed by atoms with E-state index >= 15 is 0 Å². The minimum absolute atomic E-state index is 0.142. The monoisotopic (exact) mass is 180 g/mol. The Morgan fingerprint density at radius 2 is 2.46 bits per heavy atom. The van der Waals surface area contributed by atoms with E-state index in [0.29, 0.717) is 0 Å². The van der Waals surface area contributed by atoms with Crippen LogP contribution in [0.2, 0.25) is 0 Å². The second kappa shape index (κ2) is 3.75. The standard InChI is InChI=1S/C7H12N6/c8-7(6-4-11-13-12-6)5-3-9-1-2-10-5/h1-3,6-7,11-13H,4,8H2. The van der Waals surface area contributed by atoms with Crippen molar-refractivity contribution in [3.8, 4) is 0 Å². The first kappa shape index (κ1) is 8.52. The first-order valence-corrected chi connectivity index (χ1v) is 4.13. The van der Waals surface area contributed by atoms with Crippen LogP contribution in [0.3, 0.4) is 0 Å². The average Bonchev–Trinajstić information content (AvgIpc) is 2.71. The molecule has 13 heavy (non-hydrogen) atoms. The Morgan fingerprint density at radius 1 is 1.54 bits per heavy atom. The van der Waals surface area contributed by atoms with Crippen molar-refractivity contribution in [2.45, 2.75) is 12.1 Å². The SMILES string of the molecule is NC(c1cnccn1)C1CNNN1. The lowest BCUT2D eigenvalue weighted by atomic mass is 10.1. The predicted molar refractivity (Wildman–Crippen MR) is 47.0 cm³/mol.